The van der Waals surface area contributed by atoms with E-state index in [-0.39, 0.29) is 0 Å². The van der Waals surface area contributed by atoms with E-state index in [0.717, 1.165) is 12.1 Å². The highest BCUT2D eigenvalue weighted by Crippen LogP contribution is 2.14. The third kappa shape index (κ3) is 1.59. The standard InChI is InChI=1S/C6H5F2NO2S/c7-9(8)12(10,11)6-4-2-1-3-5-6/h1-5H. The number of hydrogen-bond donors (Lipinski definition) is 0. The zero-order chi connectivity index (χ0) is 9.19. The Bertz CT molecular complexity index is 349. The van der Waals surface area contributed by atoms with Gasteiger partial charge in [-0.25, -0.2) is 8.42 Å². The van der Waals surface area contributed by atoms with Crippen LogP contribution in [-0.2, 0) is 10.0 Å². The summed E-state index contributed by atoms with van der Waals surface area (Å²) in [7, 11) is -4.58. The summed E-state index contributed by atoms with van der Waals surface area (Å²) < 4.78 is 43.1. The van der Waals surface area contributed by atoms with Crippen molar-refractivity contribution in [1.82, 2.24) is 4.75 Å². The molecule has 0 atom stereocenters. The summed E-state index contributed by atoms with van der Waals surface area (Å²) in [6.45, 7) is 0. The lowest BCUT2D eigenvalue weighted by Crippen LogP contribution is -2.14. The summed E-state index contributed by atoms with van der Waals surface area (Å²) in [6, 6.07) is 6.48. The Balaban J connectivity index is 3.17. The number of halogens is 2. The molecule has 0 N–H and O–H groups in total. The first-order valence-electron chi connectivity index (χ1n) is 2.97. The van der Waals surface area contributed by atoms with Gasteiger partial charge in [0.1, 0.15) is 4.75 Å². The molecule has 0 unspecified atom stereocenters. The highest BCUT2D eigenvalue weighted by molar-refractivity contribution is 7.88. The topological polar surface area (TPSA) is 37.4 Å². The third-order valence-electron chi connectivity index (χ3n) is 1.22. The molecule has 1 aromatic rings. The van der Waals surface area contributed by atoms with Crippen molar-refractivity contribution in [2.45, 2.75) is 4.90 Å². The van der Waals surface area contributed by atoms with Gasteiger partial charge in [0, 0.05) is 0 Å². The van der Waals surface area contributed by atoms with Gasteiger partial charge in [-0.2, -0.15) is 0 Å². The second-order valence-corrected chi connectivity index (χ2v) is 3.69. The predicted octanol–water partition coefficient (Wildman–Crippen LogP) is 1.45. The molecule has 0 saturated carbocycles. The molecular formula is C6H5F2NO2S. The molecule has 0 aliphatic rings. The first kappa shape index (κ1) is 9.08. The maximum Gasteiger partial charge on any atom is 0.297 e. The fourth-order valence-corrected chi connectivity index (χ4v) is 1.33. The minimum absolute atomic E-state index is 0.421. The Hall–Kier alpha value is -1.01. The zero-order valence-electron chi connectivity index (χ0n) is 5.81. The molecule has 0 heterocycles. The van der Waals surface area contributed by atoms with Crippen LogP contribution in [0, 0.1) is 0 Å². The van der Waals surface area contributed by atoms with Crippen molar-refractivity contribution in [3.8, 4) is 0 Å². The molecule has 12 heavy (non-hydrogen) atoms. The van der Waals surface area contributed by atoms with Crippen molar-refractivity contribution in [3.05, 3.63) is 30.3 Å². The van der Waals surface area contributed by atoms with Crippen molar-refractivity contribution < 1.29 is 17.4 Å². The second-order valence-electron chi connectivity index (χ2n) is 1.99. The molecule has 1 aromatic carbocycles. The van der Waals surface area contributed by atoms with Crippen LogP contribution in [0.4, 0.5) is 8.96 Å². The normalized spacial score (nSPS) is 11.9. The van der Waals surface area contributed by atoms with Crippen LogP contribution in [-0.4, -0.2) is 13.2 Å². The zero-order valence-corrected chi connectivity index (χ0v) is 6.63. The highest BCUT2D eigenvalue weighted by atomic mass is 32.2. The van der Waals surface area contributed by atoms with Crippen LogP contribution in [0.15, 0.2) is 35.2 Å². The first-order valence-corrected chi connectivity index (χ1v) is 4.41. The minimum Gasteiger partial charge on any atom is -0.202 e. The van der Waals surface area contributed by atoms with Crippen molar-refractivity contribution >= 4 is 10.0 Å². The summed E-state index contributed by atoms with van der Waals surface area (Å²) in [5.41, 5.74) is 0. The van der Waals surface area contributed by atoms with Gasteiger partial charge in [0.05, 0.1) is 4.90 Å². The number of hydrogen-bond acceptors (Lipinski definition) is 2. The molecule has 0 fully saturated rings. The molecule has 66 valence electrons. The van der Waals surface area contributed by atoms with E-state index in [0.29, 0.717) is 0 Å². The predicted molar refractivity (Wildman–Crippen MR) is 37.7 cm³/mol. The van der Waals surface area contributed by atoms with Crippen LogP contribution in [0.1, 0.15) is 0 Å². The molecule has 6 heteroatoms. The fraction of sp³-hybridized carbons (Fsp3) is 0. The third-order valence-corrected chi connectivity index (χ3v) is 2.45. The van der Waals surface area contributed by atoms with E-state index in [1.807, 2.05) is 0 Å². The number of nitrogens with zero attached hydrogens (tertiary/aromatic N) is 1. The van der Waals surface area contributed by atoms with Gasteiger partial charge in [0.15, 0.2) is 0 Å². The Morgan fingerprint density at radius 1 is 1.08 bits per heavy atom. The van der Waals surface area contributed by atoms with Gasteiger partial charge >= 0.3 is 0 Å². The van der Waals surface area contributed by atoms with Crippen LogP contribution in [0.2, 0.25) is 0 Å². The highest BCUT2D eigenvalue weighted by Gasteiger charge is 2.23. The molecule has 3 nitrogen and oxygen atoms in total. The molecule has 0 aliphatic heterocycles. The van der Waals surface area contributed by atoms with Crippen LogP contribution >= 0.6 is 0 Å². The number of benzene rings is 1. The summed E-state index contributed by atoms with van der Waals surface area (Å²) in [6.07, 6.45) is 0. The largest absolute Gasteiger partial charge is 0.297 e. The van der Waals surface area contributed by atoms with Crippen LogP contribution in [0.25, 0.3) is 0 Å². The SMILES string of the molecule is O=S(=O)(c1ccccc1)N(F)F. The number of sulfonamides is 1. The van der Waals surface area contributed by atoms with Gasteiger partial charge < -0.3 is 0 Å². The molecule has 0 aromatic heterocycles. The second kappa shape index (κ2) is 3.16. The molecule has 0 radical (unpaired) electrons. The summed E-state index contributed by atoms with van der Waals surface area (Å²) in [5, 5.41) is 0. The van der Waals surface area contributed by atoms with Crippen molar-refractivity contribution in [2.75, 3.05) is 0 Å². The van der Waals surface area contributed by atoms with Gasteiger partial charge in [-0.05, 0) is 12.1 Å². The van der Waals surface area contributed by atoms with Crippen LogP contribution in [0.3, 0.4) is 0 Å². The lowest BCUT2D eigenvalue weighted by molar-refractivity contribution is -0.0538. The van der Waals surface area contributed by atoms with E-state index in [1.165, 1.54) is 12.1 Å². The molecule has 0 spiro atoms. The Morgan fingerprint density at radius 2 is 1.58 bits per heavy atom. The van der Waals surface area contributed by atoms with E-state index in [9.17, 15) is 17.4 Å². The molecule has 0 amide bonds. The van der Waals surface area contributed by atoms with Crippen molar-refractivity contribution in [1.29, 1.82) is 0 Å². The van der Waals surface area contributed by atoms with E-state index in [1.54, 1.807) is 6.07 Å². The number of rotatable bonds is 2. The van der Waals surface area contributed by atoms with E-state index >= 15 is 0 Å². The molecule has 0 aliphatic carbocycles. The van der Waals surface area contributed by atoms with Crippen molar-refractivity contribution in [3.63, 3.8) is 0 Å². The first-order chi connectivity index (χ1) is 5.55. The lowest BCUT2D eigenvalue weighted by atomic mass is 10.4. The fourth-order valence-electron chi connectivity index (χ4n) is 0.672. The average molecular weight is 193 g/mol. The Morgan fingerprint density at radius 3 is 2.00 bits per heavy atom. The van der Waals surface area contributed by atoms with Gasteiger partial charge in [-0.1, -0.05) is 27.2 Å². The molecule has 0 bridgehead atoms. The molecular weight excluding hydrogens is 188 g/mol. The van der Waals surface area contributed by atoms with Crippen molar-refractivity contribution in [2.24, 2.45) is 0 Å². The minimum atomic E-state index is -4.58. The monoisotopic (exact) mass is 193 g/mol. The average Bonchev–Trinajstić information content (AvgIpc) is 2.06. The van der Waals surface area contributed by atoms with E-state index in [4.69, 9.17) is 0 Å². The van der Waals surface area contributed by atoms with Gasteiger partial charge in [-0.3, -0.25) is 0 Å². The summed E-state index contributed by atoms with van der Waals surface area (Å²) in [4.78, 5) is -0.421. The smallest absolute Gasteiger partial charge is 0.202 e. The summed E-state index contributed by atoms with van der Waals surface area (Å²) >= 11 is 0. The van der Waals surface area contributed by atoms with Crippen LogP contribution in [0.5, 0.6) is 0 Å². The Kier molecular flexibility index (Phi) is 2.39. The maximum absolute atomic E-state index is 11.7. The Labute approximate surface area is 68.2 Å². The van der Waals surface area contributed by atoms with E-state index < -0.39 is 19.7 Å². The van der Waals surface area contributed by atoms with E-state index in [2.05, 4.69) is 0 Å². The molecule has 0 saturated heterocycles. The summed E-state index contributed by atoms with van der Waals surface area (Å²) in [5.74, 6) is 0. The molecule has 1 rings (SSSR count). The van der Waals surface area contributed by atoms with Gasteiger partial charge in [-0.15, -0.1) is 0 Å². The van der Waals surface area contributed by atoms with Gasteiger partial charge in [0.2, 0.25) is 0 Å². The van der Waals surface area contributed by atoms with Gasteiger partial charge in [0.25, 0.3) is 10.0 Å². The maximum atomic E-state index is 11.7. The quantitative estimate of drug-likeness (QED) is 0.666. The lowest BCUT2D eigenvalue weighted by Gasteiger charge is -2.01. The van der Waals surface area contributed by atoms with Crippen LogP contribution < -0.4 is 0 Å².